The fourth-order valence-corrected chi connectivity index (χ4v) is 7.47. The lowest BCUT2D eigenvalue weighted by Crippen LogP contribution is -2.52. The van der Waals surface area contributed by atoms with Gasteiger partial charge in [-0.25, -0.2) is 0 Å². The van der Waals surface area contributed by atoms with E-state index in [1.807, 2.05) is 42.6 Å². The number of ether oxygens (including phenoxy) is 2. The maximum Gasteiger partial charge on any atom is 0.322 e. The number of anilines is 2. The van der Waals surface area contributed by atoms with Crippen LogP contribution in [0.25, 0.3) is 5.65 Å². The van der Waals surface area contributed by atoms with Crippen LogP contribution >= 0.6 is 0 Å². The number of fused-ring (bicyclic) bond motifs is 2. The number of aryl methyl sites for hydroxylation is 1. The predicted molar refractivity (Wildman–Crippen MR) is 209 cm³/mol. The van der Waals surface area contributed by atoms with Crippen molar-refractivity contribution in [1.29, 1.82) is 0 Å². The Morgan fingerprint density at radius 1 is 1.02 bits per heavy atom. The van der Waals surface area contributed by atoms with Gasteiger partial charge >= 0.3 is 6.01 Å². The number of nitrogens with one attached hydrogen (secondary N) is 4. The van der Waals surface area contributed by atoms with E-state index in [0.29, 0.717) is 63.1 Å². The van der Waals surface area contributed by atoms with Crippen molar-refractivity contribution in [2.45, 2.75) is 103 Å². The molecule has 2 fully saturated rings. The van der Waals surface area contributed by atoms with Gasteiger partial charge < -0.3 is 30.3 Å². The SMILES string of the molecule is CC(C)c1cnn2c(NCc3ccc(NC(=O)CCCCOCCCc4cccc5c4CN(C4CCC(=O)NC4=O)C5=O)cc3)nc(O[C@H]3CCCNC3)nc12. The molecule has 4 amide bonds. The van der Waals surface area contributed by atoms with E-state index in [9.17, 15) is 19.2 Å². The molecule has 0 spiro atoms. The van der Waals surface area contributed by atoms with E-state index >= 15 is 0 Å². The van der Waals surface area contributed by atoms with Crippen molar-refractivity contribution in [2.75, 3.05) is 36.9 Å². The first-order valence-corrected chi connectivity index (χ1v) is 19.8. The Labute approximate surface area is 326 Å². The molecule has 15 heteroatoms. The van der Waals surface area contributed by atoms with Crippen LogP contribution in [-0.4, -0.2) is 86.6 Å². The van der Waals surface area contributed by atoms with Gasteiger partial charge in [0.2, 0.25) is 23.7 Å². The van der Waals surface area contributed by atoms with Crippen LogP contribution < -0.4 is 26.0 Å². The number of nitrogens with zero attached hydrogens (tertiary/aromatic N) is 5. The second-order valence-electron chi connectivity index (χ2n) is 15.0. The number of aromatic nitrogens is 4. The zero-order valence-electron chi connectivity index (χ0n) is 32.1. The van der Waals surface area contributed by atoms with Crippen LogP contribution in [0.15, 0.2) is 48.7 Å². The molecule has 0 bridgehead atoms. The minimum absolute atomic E-state index is 0.0262. The third-order valence-corrected chi connectivity index (χ3v) is 10.6. The molecule has 2 aromatic heterocycles. The first-order valence-electron chi connectivity index (χ1n) is 19.8. The number of unbranched alkanes of at least 4 members (excludes halogenated alkanes) is 1. The number of hydrogen-bond acceptors (Lipinski definition) is 11. The second-order valence-corrected chi connectivity index (χ2v) is 15.0. The molecule has 296 valence electrons. The molecule has 1 unspecified atom stereocenters. The summed E-state index contributed by atoms with van der Waals surface area (Å²) in [4.78, 5) is 60.7. The highest BCUT2D eigenvalue weighted by atomic mass is 16.5. The normalized spacial score (nSPS) is 18.3. The molecule has 2 atom stereocenters. The summed E-state index contributed by atoms with van der Waals surface area (Å²) >= 11 is 0. The molecule has 3 aliphatic heterocycles. The van der Waals surface area contributed by atoms with E-state index in [4.69, 9.17) is 14.5 Å². The van der Waals surface area contributed by atoms with Gasteiger partial charge in [0.15, 0.2) is 5.65 Å². The van der Waals surface area contributed by atoms with Crippen LogP contribution in [0, 0.1) is 0 Å². The quantitative estimate of drug-likeness (QED) is 0.0878. The maximum atomic E-state index is 13.1. The monoisotopic (exact) mass is 765 g/mol. The Morgan fingerprint density at radius 2 is 1.86 bits per heavy atom. The summed E-state index contributed by atoms with van der Waals surface area (Å²) in [5, 5.41) is 16.7. The van der Waals surface area contributed by atoms with Crippen molar-refractivity contribution in [3.05, 3.63) is 76.5 Å². The molecule has 2 aromatic carbocycles. The topological polar surface area (TPSA) is 181 Å². The van der Waals surface area contributed by atoms with Crippen LogP contribution in [0.2, 0.25) is 0 Å². The summed E-state index contributed by atoms with van der Waals surface area (Å²) in [7, 11) is 0. The molecule has 2 saturated heterocycles. The van der Waals surface area contributed by atoms with E-state index in [2.05, 4.69) is 45.2 Å². The van der Waals surface area contributed by atoms with Gasteiger partial charge in [-0.1, -0.05) is 38.1 Å². The van der Waals surface area contributed by atoms with Gasteiger partial charge in [0, 0.05) is 62.5 Å². The summed E-state index contributed by atoms with van der Waals surface area (Å²) < 4.78 is 13.8. The van der Waals surface area contributed by atoms with E-state index in [0.717, 1.165) is 78.8 Å². The molecular weight excluding hydrogens is 715 g/mol. The fourth-order valence-electron chi connectivity index (χ4n) is 7.47. The number of carbonyl (C=O) groups excluding carboxylic acids is 4. The first-order chi connectivity index (χ1) is 27.2. The molecule has 0 aliphatic carbocycles. The lowest BCUT2D eigenvalue weighted by Gasteiger charge is -2.29. The molecule has 5 heterocycles. The molecule has 7 rings (SSSR count). The van der Waals surface area contributed by atoms with E-state index < -0.39 is 11.9 Å². The lowest BCUT2D eigenvalue weighted by molar-refractivity contribution is -0.137. The third-order valence-electron chi connectivity index (χ3n) is 10.6. The van der Waals surface area contributed by atoms with Crippen LogP contribution in [0.3, 0.4) is 0 Å². The van der Waals surface area contributed by atoms with Gasteiger partial charge in [-0.3, -0.25) is 24.5 Å². The zero-order chi connectivity index (χ0) is 39.0. The Kier molecular flexibility index (Phi) is 12.5. The van der Waals surface area contributed by atoms with E-state index in [-0.39, 0.29) is 36.2 Å². The fraction of sp³-hybridized carbons (Fsp3) is 0.488. The van der Waals surface area contributed by atoms with E-state index in [1.165, 1.54) is 0 Å². The van der Waals surface area contributed by atoms with Crippen LogP contribution in [0.1, 0.15) is 104 Å². The second kappa shape index (κ2) is 18.0. The predicted octanol–water partition coefficient (Wildman–Crippen LogP) is 4.51. The molecule has 0 radical (unpaired) electrons. The Balaban J connectivity index is 0.806. The van der Waals surface area contributed by atoms with Crippen molar-refractivity contribution in [3.63, 3.8) is 0 Å². The van der Waals surface area contributed by atoms with Crippen molar-refractivity contribution in [2.24, 2.45) is 0 Å². The molecule has 3 aliphatic rings. The Bertz CT molecular complexity index is 2040. The summed E-state index contributed by atoms with van der Waals surface area (Å²) in [6.07, 6.45) is 7.86. The smallest absolute Gasteiger partial charge is 0.322 e. The van der Waals surface area contributed by atoms with Crippen LogP contribution in [0.4, 0.5) is 11.6 Å². The summed E-state index contributed by atoms with van der Waals surface area (Å²) in [5.74, 6) is -0.106. The maximum absolute atomic E-state index is 13.1. The van der Waals surface area contributed by atoms with Gasteiger partial charge in [0.05, 0.1) is 6.20 Å². The Morgan fingerprint density at radius 3 is 2.64 bits per heavy atom. The average Bonchev–Trinajstić information content (AvgIpc) is 3.77. The Hall–Kier alpha value is -5.41. The molecule has 0 saturated carbocycles. The number of imide groups is 1. The molecule has 56 heavy (non-hydrogen) atoms. The number of carbonyl (C=O) groups is 4. The highest BCUT2D eigenvalue weighted by molar-refractivity contribution is 6.05. The number of benzene rings is 2. The van der Waals surface area contributed by atoms with Gasteiger partial charge in [-0.15, -0.1) is 0 Å². The van der Waals surface area contributed by atoms with Crippen molar-refractivity contribution in [3.8, 4) is 6.01 Å². The standard InChI is InChI=1S/C41H51N9O6/c1-26(2)32-24-44-50-37(32)47-41(56-30-10-6-19-42-23-30)48-40(50)43-22-27-13-15-29(16-14-27)45-35(51)12-3-4-20-55-21-7-9-28-8-5-11-31-33(28)25-49(39(31)54)34-17-18-36(52)46-38(34)53/h5,8,11,13-16,24,26,30,34,42H,3-4,6-7,9-10,12,17-23,25H2,1-2H3,(H,45,51)(H,43,47,48)(H,46,52,53)/t30-,34?/m0/s1. The molecule has 4 aromatic rings. The largest absolute Gasteiger partial charge is 0.459 e. The van der Waals surface area contributed by atoms with Crippen molar-refractivity contribution >= 4 is 40.9 Å². The van der Waals surface area contributed by atoms with Crippen molar-refractivity contribution in [1.82, 2.24) is 35.1 Å². The van der Waals surface area contributed by atoms with Gasteiger partial charge in [-0.2, -0.15) is 19.6 Å². The van der Waals surface area contributed by atoms with Gasteiger partial charge in [-0.05, 0) is 92.3 Å². The van der Waals surface area contributed by atoms with Crippen LogP contribution in [0.5, 0.6) is 6.01 Å². The minimum atomic E-state index is -0.622. The number of hydrogen-bond donors (Lipinski definition) is 4. The number of rotatable bonds is 17. The molecule has 4 N–H and O–H groups in total. The summed E-state index contributed by atoms with van der Waals surface area (Å²) in [5.41, 5.74) is 6.16. The number of piperidine rings is 2. The first kappa shape index (κ1) is 38.8. The molecule has 15 nitrogen and oxygen atoms in total. The van der Waals surface area contributed by atoms with Crippen molar-refractivity contribution < 1.29 is 28.7 Å². The van der Waals surface area contributed by atoms with Crippen LogP contribution in [-0.2, 0) is 38.6 Å². The lowest BCUT2D eigenvalue weighted by atomic mass is 10.00. The zero-order valence-corrected chi connectivity index (χ0v) is 32.1. The third kappa shape index (κ3) is 9.33. The summed E-state index contributed by atoms with van der Waals surface area (Å²) in [6, 6.07) is 13.2. The average molecular weight is 766 g/mol. The highest BCUT2D eigenvalue weighted by Gasteiger charge is 2.39. The molecular formula is C41H51N9O6. The van der Waals surface area contributed by atoms with Gasteiger partial charge in [0.25, 0.3) is 5.91 Å². The van der Waals surface area contributed by atoms with Gasteiger partial charge in [0.1, 0.15) is 12.1 Å². The highest BCUT2D eigenvalue weighted by Crippen LogP contribution is 2.30. The van der Waals surface area contributed by atoms with E-state index in [1.54, 1.807) is 15.5 Å². The summed E-state index contributed by atoms with van der Waals surface area (Å²) in [6.45, 7) is 7.99. The number of amides is 4. The minimum Gasteiger partial charge on any atom is -0.459 e.